The van der Waals surface area contributed by atoms with Gasteiger partial charge in [0.2, 0.25) is 0 Å². The van der Waals surface area contributed by atoms with Crippen molar-refractivity contribution in [2.45, 2.75) is 71.6 Å². The van der Waals surface area contributed by atoms with E-state index in [0.29, 0.717) is 12.1 Å². The number of carbonyl (C=O) groups is 1. The van der Waals surface area contributed by atoms with Crippen molar-refractivity contribution in [3.63, 3.8) is 0 Å². The van der Waals surface area contributed by atoms with E-state index in [1.54, 1.807) is 0 Å². The van der Waals surface area contributed by atoms with Crippen LogP contribution in [0.25, 0.3) is 0 Å². The molecule has 0 aromatic rings. The van der Waals surface area contributed by atoms with Gasteiger partial charge in [0.05, 0.1) is 0 Å². The maximum absolute atomic E-state index is 12.3. The minimum Gasteiger partial charge on any atom is -0.444 e. The Hall–Kier alpha value is -0.810. The first kappa shape index (κ1) is 18.5. The molecule has 23 heavy (non-hydrogen) atoms. The van der Waals surface area contributed by atoms with Crippen molar-refractivity contribution < 1.29 is 9.53 Å². The fourth-order valence-electron chi connectivity index (χ4n) is 3.61. The molecule has 0 radical (unpaired) electrons. The lowest BCUT2D eigenvalue weighted by Crippen LogP contribution is -2.59. The maximum Gasteiger partial charge on any atom is 0.410 e. The van der Waals surface area contributed by atoms with Gasteiger partial charge in [-0.05, 0) is 65.6 Å². The zero-order chi connectivity index (χ0) is 17.3. The minimum atomic E-state index is -0.426. The average molecular weight is 325 g/mol. The van der Waals surface area contributed by atoms with E-state index in [0.717, 1.165) is 19.5 Å². The number of ether oxygens (including phenoxy) is 1. The Morgan fingerprint density at radius 2 is 1.74 bits per heavy atom. The first-order valence-corrected chi connectivity index (χ1v) is 8.99. The molecule has 0 saturated carbocycles. The van der Waals surface area contributed by atoms with Gasteiger partial charge in [-0.2, -0.15) is 0 Å². The van der Waals surface area contributed by atoms with E-state index in [-0.39, 0.29) is 11.5 Å². The van der Waals surface area contributed by atoms with E-state index in [2.05, 4.69) is 31.1 Å². The van der Waals surface area contributed by atoms with E-state index < -0.39 is 5.60 Å². The number of piperidine rings is 2. The second kappa shape index (κ2) is 6.98. The summed E-state index contributed by atoms with van der Waals surface area (Å²) in [5.41, 5.74) is -0.358. The number of hydrogen-bond donors (Lipinski definition) is 1. The first-order chi connectivity index (χ1) is 10.6. The normalized spacial score (nSPS) is 27.0. The van der Waals surface area contributed by atoms with Gasteiger partial charge in [0.15, 0.2) is 0 Å². The molecule has 0 aliphatic carbocycles. The van der Waals surface area contributed by atoms with Crippen molar-refractivity contribution in [2.24, 2.45) is 5.41 Å². The maximum atomic E-state index is 12.3. The predicted molar refractivity (Wildman–Crippen MR) is 93.6 cm³/mol. The Bertz CT molecular complexity index is 409. The number of rotatable bonds is 2. The first-order valence-electron chi connectivity index (χ1n) is 8.99. The van der Waals surface area contributed by atoms with Crippen molar-refractivity contribution in [3.8, 4) is 0 Å². The number of likely N-dealkylation sites (tertiary alicyclic amines) is 2. The van der Waals surface area contributed by atoms with Gasteiger partial charge < -0.3 is 19.9 Å². The third kappa shape index (κ3) is 5.35. The van der Waals surface area contributed by atoms with E-state index >= 15 is 0 Å². The smallest absolute Gasteiger partial charge is 0.410 e. The molecule has 1 amide bonds. The van der Waals surface area contributed by atoms with Crippen LogP contribution in [-0.2, 0) is 4.74 Å². The predicted octanol–water partition coefficient (Wildman–Crippen LogP) is 2.71. The molecule has 1 unspecified atom stereocenters. The summed E-state index contributed by atoms with van der Waals surface area (Å²) >= 11 is 0. The molecule has 1 atom stereocenters. The van der Waals surface area contributed by atoms with E-state index in [4.69, 9.17) is 4.74 Å². The van der Waals surface area contributed by atoms with Crippen LogP contribution < -0.4 is 5.32 Å². The SMILES string of the molecule is CN1CCC(NC2CCN(C(=O)OC(C)(C)C)CC2(C)C)CC1. The molecule has 2 aliphatic rings. The molecule has 0 spiro atoms. The van der Waals surface area contributed by atoms with Crippen molar-refractivity contribution in [1.29, 1.82) is 0 Å². The zero-order valence-electron chi connectivity index (χ0n) is 15.8. The molecular weight excluding hydrogens is 290 g/mol. The third-order valence-electron chi connectivity index (χ3n) is 5.04. The number of nitrogens with zero attached hydrogens (tertiary/aromatic N) is 2. The molecule has 0 aromatic carbocycles. The van der Waals surface area contributed by atoms with Gasteiger partial charge >= 0.3 is 6.09 Å². The van der Waals surface area contributed by atoms with Gasteiger partial charge in [-0.25, -0.2) is 4.79 Å². The second-order valence-corrected chi connectivity index (χ2v) is 8.98. The number of hydrogen-bond acceptors (Lipinski definition) is 4. The third-order valence-corrected chi connectivity index (χ3v) is 5.04. The molecule has 134 valence electrons. The van der Waals surface area contributed by atoms with Crippen molar-refractivity contribution in [2.75, 3.05) is 33.2 Å². The lowest BCUT2D eigenvalue weighted by Gasteiger charge is -2.46. The molecule has 0 bridgehead atoms. The largest absolute Gasteiger partial charge is 0.444 e. The number of amides is 1. The Kier molecular flexibility index (Phi) is 5.62. The minimum absolute atomic E-state index is 0.0680. The van der Waals surface area contributed by atoms with Gasteiger partial charge in [0.1, 0.15) is 5.60 Å². The fourth-order valence-corrected chi connectivity index (χ4v) is 3.61. The molecule has 0 aromatic heterocycles. The summed E-state index contributed by atoms with van der Waals surface area (Å²) in [5.74, 6) is 0. The van der Waals surface area contributed by atoms with Gasteiger partial charge in [-0.15, -0.1) is 0 Å². The molecule has 2 fully saturated rings. The van der Waals surface area contributed by atoms with Crippen molar-refractivity contribution >= 4 is 6.09 Å². The molecule has 5 heteroatoms. The fraction of sp³-hybridized carbons (Fsp3) is 0.944. The highest BCUT2D eigenvalue weighted by Gasteiger charge is 2.39. The Balaban J connectivity index is 1.88. The van der Waals surface area contributed by atoms with Gasteiger partial charge in [0, 0.05) is 25.2 Å². The van der Waals surface area contributed by atoms with E-state index in [1.165, 1.54) is 25.9 Å². The molecular formula is C18H35N3O2. The summed E-state index contributed by atoms with van der Waals surface area (Å²) in [7, 11) is 2.19. The average Bonchev–Trinajstić information content (AvgIpc) is 2.41. The summed E-state index contributed by atoms with van der Waals surface area (Å²) in [6.07, 6.45) is 3.26. The summed E-state index contributed by atoms with van der Waals surface area (Å²) in [4.78, 5) is 16.6. The monoisotopic (exact) mass is 325 g/mol. The number of nitrogens with one attached hydrogen (secondary N) is 1. The van der Waals surface area contributed by atoms with E-state index in [9.17, 15) is 4.79 Å². The summed E-state index contributed by atoms with van der Waals surface area (Å²) < 4.78 is 5.53. The van der Waals surface area contributed by atoms with Crippen LogP contribution >= 0.6 is 0 Å². The quantitative estimate of drug-likeness (QED) is 0.848. The molecule has 1 N–H and O–H groups in total. The van der Waals surface area contributed by atoms with Crippen LogP contribution in [0, 0.1) is 5.41 Å². The van der Waals surface area contributed by atoms with Crippen LogP contribution in [0.5, 0.6) is 0 Å². The van der Waals surface area contributed by atoms with E-state index in [1.807, 2.05) is 25.7 Å². The second-order valence-electron chi connectivity index (χ2n) is 8.98. The lowest BCUT2D eigenvalue weighted by molar-refractivity contribution is 0.000346. The van der Waals surface area contributed by atoms with Crippen LogP contribution in [-0.4, -0.2) is 66.8 Å². The van der Waals surface area contributed by atoms with Crippen LogP contribution in [0.1, 0.15) is 53.9 Å². The Morgan fingerprint density at radius 3 is 2.26 bits per heavy atom. The van der Waals surface area contributed by atoms with Gasteiger partial charge in [-0.1, -0.05) is 13.8 Å². The highest BCUT2D eigenvalue weighted by Crippen LogP contribution is 2.31. The highest BCUT2D eigenvalue weighted by molar-refractivity contribution is 5.68. The molecule has 2 saturated heterocycles. The summed E-state index contributed by atoms with van der Waals surface area (Å²) in [5, 5.41) is 3.87. The van der Waals surface area contributed by atoms with Gasteiger partial charge in [0.25, 0.3) is 0 Å². The summed E-state index contributed by atoms with van der Waals surface area (Å²) in [6, 6.07) is 1.08. The van der Waals surface area contributed by atoms with Gasteiger partial charge in [-0.3, -0.25) is 0 Å². The molecule has 2 rings (SSSR count). The number of carbonyl (C=O) groups excluding carboxylic acids is 1. The molecule has 2 aliphatic heterocycles. The van der Waals surface area contributed by atoms with Crippen molar-refractivity contribution in [1.82, 2.24) is 15.1 Å². The lowest BCUT2D eigenvalue weighted by atomic mass is 9.78. The highest BCUT2D eigenvalue weighted by atomic mass is 16.6. The van der Waals surface area contributed by atoms with Crippen LogP contribution in [0.2, 0.25) is 0 Å². The Morgan fingerprint density at radius 1 is 1.13 bits per heavy atom. The van der Waals surface area contributed by atoms with Crippen LogP contribution in [0.4, 0.5) is 4.79 Å². The Labute approximate surface area is 141 Å². The zero-order valence-corrected chi connectivity index (χ0v) is 15.8. The molecule has 2 heterocycles. The van der Waals surface area contributed by atoms with Crippen molar-refractivity contribution in [3.05, 3.63) is 0 Å². The van der Waals surface area contributed by atoms with Crippen LogP contribution in [0.15, 0.2) is 0 Å². The standard InChI is InChI=1S/C18H35N3O2/c1-17(2,3)23-16(22)21-12-9-15(18(4,5)13-21)19-14-7-10-20(6)11-8-14/h14-15,19H,7-13H2,1-6H3. The topological polar surface area (TPSA) is 44.8 Å². The summed E-state index contributed by atoms with van der Waals surface area (Å²) in [6.45, 7) is 14.2. The molecule has 5 nitrogen and oxygen atoms in total. The van der Waals surface area contributed by atoms with Crippen LogP contribution in [0.3, 0.4) is 0 Å².